The van der Waals surface area contributed by atoms with Crippen molar-refractivity contribution in [3.05, 3.63) is 47.2 Å². The molecule has 0 fully saturated rings. The Bertz CT molecular complexity index is 820. The van der Waals surface area contributed by atoms with Crippen molar-refractivity contribution in [1.82, 2.24) is 5.32 Å². The molecule has 0 saturated carbocycles. The smallest absolute Gasteiger partial charge is 0.261 e. The predicted molar refractivity (Wildman–Crippen MR) is 98.6 cm³/mol. The molecular weight excluding hydrogens is 387 g/mol. The average Bonchev–Trinajstić information content (AvgIpc) is 2.63. The summed E-state index contributed by atoms with van der Waals surface area (Å²) in [5.74, 6) is -0.0310. The summed E-state index contributed by atoms with van der Waals surface area (Å²) in [6, 6.07) is 10.2. The van der Waals surface area contributed by atoms with Crippen molar-refractivity contribution in [1.29, 1.82) is 0 Å². The van der Waals surface area contributed by atoms with Crippen molar-refractivity contribution in [2.45, 2.75) is 11.3 Å². The summed E-state index contributed by atoms with van der Waals surface area (Å²) in [4.78, 5) is 0.863. The zero-order chi connectivity index (χ0) is 18.5. The monoisotopic (exact) mass is 401 g/mol. The molecule has 4 nitrogen and oxygen atoms in total. The van der Waals surface area contributed by atoms with Crippen molar-refractivity contribution in [3.8, 4) is 11.1 Å². The van der Waals surface area contributed by atoms with Gasteiger partial charge in [-0.2, -0.15) is 4.40 Å². The number of anilines is 1. The van der Waals surface area contributed by atoms with Crippen LogP contribution in [-0.2, 0) is 4.74 Å². The molecule has 0 atom stereocenters. The maximum absolute atomic E-state index is 13.8. The van der Waals surface area contributed by atoms with E-state index in [0.29, 0.717) is 18.1 Å². The third kappa shape index (κ3) is 4.44. The van der Waals surface area contributed by atoms with Crippen LogP contribution in [0.15, 0.2) is 45.7 Å². The van der Waals surface area contributed by atoms with Gasteiger partial charge in [0, 0.05) is 29.6 Å². The van der Waals surface area contributed by atoms with Crippen LogP contribution in [0.5, 0.6) is 0 Å². The van der Waals surface area contributed by atoms with Crippen LogP contribution >= 0.6 is 23.5 Å². The largest absolute Gasteiger partial charge is 0.374 e. The van der Waals surface area contributed by atoms with E-state index in [1.807, 2.05) is 18.2 Å². The number of ether oxygens (including phenoxy) is 1. The van der Waals surface area contributed by atoms with Gasteiger partial charge in [-0.1, -0.05) is 35.9 Å². The van der Waals surface area contributed by atoms with Crippen LogP contribution in [-0.4, -0.2) is 32.1 Å². The van der Waals surface area contributed by atoms with Crippen LogP contribution in [0.4, 0.5) is 18.9 Å². The van der Waals surface area contributed by atoms with E-state index in [4.69, 9.17) is 16.3 Å². The molecule has 1 aliphatic rings. The molecule has 0 unspecified atom stereocenters. The molecule has 2 N–H and O–H groups in total. The highest BCUT2D eigenvalue weighted by Crippen LogP contribution is 2.41. The summed E-state index contributed by atoms with van der Waals surface area (Å²) in [7, 11) is 0. The molecule has 9 heteroatoms. The van der Waals surface area contributed by atoms with E-state index < -0.39 is 18.8 Å². The Kier molecular flexibility index (Phi) is 6.29. The van der Waals surface area contributed by atoms with Gasteiger partial charge in [-0.05, 0) is 12.1 Å². The van der Waals surface area contributed by atoms with Gasteiger partial charge in [-0.25, -0.2) is 13.2 Å². The number of nitrogens with one attached hydrogen (secondary N) is 2. The number of halogens is 4. The molecular formula is C17H15ClF3N3OS. The summed E-state index contributed by atoms with van der Waals surface area (Å²) in [6.45, 7) is -0.154. The van der Waals surface area contributed by atoms with E-state index in [1.165, 1.54) is 18.0 Å². The Morgan fingerprint density at radius 1 is 1.19 bits per heavy atom. The van der Waals surface area contributed by atoms with Crippen molar-refractivity contribution < 1.29 is 17.9 Å². The third-order valence-corrected chi connectivity index (χ3v) is 4.72. The Balaban J connectivity index is 1.73. The molecule has 0 spiro atoms. The van der Waals surface area contributed by atoms with Crippen LogP contribution in [0.1, 0.15) is 0 Å². The first-order chi connectivity index (χ1) is 12.6. The van der Waals surface area contributed by atoms with Crippen LogP contribution in [0.3, 0.4) is 0 Å². The molecule has 2 aromatic rings. The first-order valence-electron chi connectivity index (χ1n) is 7.75. The fourth-order valence-electron chi connectivity index (χ4n) is 2.40. The summed E-state index contributed by atoms with van der Waals surface area (Å²) >= 11 is 7.37. The standard InChI is InChI=1S/C17H15ClF3N3OS/c18-15-10(3-1-5-12(15)19)11-4-2-6-13-16(11)23-17(24-26-13)22-7-8-25-9-14(20)21/h1-6,14H,7-9H2,(H2,22,23,24). The van der Waals surface area contributed by atoms with Crippen molar-refractivity contribution in [2.24, 2.45) is 4.40 Å². The Hall–Kier alpha value is -1.90. The lowest BCUT2D eigenvalue weighted by Gasteiger charge is -2.21. The average molecular weight is 402 g/mol. The lowest BCUT2D eigenvalue weighted by Crippen LogP contribution is -2.34. The van der Waals surface area contributed by atoms with Crippen molar-refractivity contribution >= 4 is 35.2 Å². The molecule has 138 valence electrons. The summed E-state index contributed by atoms with van der Waals surface area (Å²) in [6.07, 6.45) is -2.49. The zero-order valence-corrected chi connectivity index (χ0v) is 15.0. The van der Waals surface area contributed by atoms with Gasteiger partial charge in [0.25, 0.3) is 6.43 Å². The molecule has 0 radical (unpaired) electrons. The Labute approximate surface area is 157 Å². The number of hydrogen-bond acceptors (Lipinski definition) is 5. The lowest BCUT2D eigenvalue weighted by molar-refractivity contribution is 0.0197. The summed E-state index contributed by atoms with van der Waals surface area (Å²) in [5, 5.41) is 6.17. The van der Waals surface area contributed by atoms with Crippen LogP contribution in [0.2, 0.25) is 5.02 Å². The van der Waals surface area contributed by atoms with Gasteiger partial charge in [0.15, 0.2) is 0 Å². The van der Waals surface area contributed by atoms with Crippen LogP contribution < -0.4 is 10.6 Å². The van der Waals surface area contributed by atoms with Gasteiger partial charge < -0.3 is 15.4 Å². The number of alkyl halides is 2. The maximum Gasteiger partial charge on any atom is 0.261 e. The minimum Gasteiger partial charge on any atom is -0.374 e. The quantitative estimate of drug-likeness (QED) is 0.539. The first-order valence-corrected chi connectivity index (χ1v) is 8.90. The van der Waals surface area contributed by atoms with Gasteiger partial charge in [0.1, 0.15) is 12.4 Å². The molecule has 0 aliphatic carbocycles. The van der Waals surface area contributed by atoms with E-state index in [2.05, 4.69) is 15.0 Å². The second-order valence-corrected chi connectivity index (χ2v) is 6.51. The van der Waals surface area contributed by atoms with E-state index in [-0.39, 0.29) is 11.6 Å². The van der Waals surface area contributed by atoms with Crippen molar-refractivity contribution in [3.63, 3.8) is 0 Å². The van der Waals surface area contributed by atoms with E-state index in [0.717, 1.165) is 16.1 Å². The minimum absolute atomic E-state index is 0.0464. The molecule has 0 saturated heterocycles. The first kappa shape index (κ1) is 18.9. The van der Waals surface area contributed by atoms with E-state index in [1.54, 1.807) is 12.1 Å². The summed E-state index contributed by atoms with van der Waals surface area (Å²) < 4.78 is 47.0. The highest BCUT2D eigenvalue weighted by atomic mass is 35.5. The highest BCUT2D eigenvalue weighted by molar-refractivity contribution is 7.98. The molecule has 0 aromatic heterocycles. The molecule has 3 rings (SSSR count). The second-order valence-electron chi connectivity index (χ2n) is 5.33. The molecule has 26 heavy (non-hydrogen) atoms. The molecule has 1 heterocycles. The van der Waals surface area contributed by atoms with Gasteiger partial charge in [-0.15, -0.1) is 0 Å². The number of para-hydroxylation sites is 1. The molecule has 2 aromatic carbocycles. The lowest BCUT2D eigenvalue weighted by atomic mass is 10.0. The Morgan fingerprint density at radius 3 is 2.77 bits per heavy atom. The Morgan fingerprint density at radius 2 is 1.96 bits per heavy atom. The highest BCUT2D eigenvalue weighted by Gasteiger charge is 2.19. The number of benzene rings is 2. The molecule has 0 bridgehead atoms. The predicted octanol–water partition coefficient (Wildman–Crippen LogP) is 4.81. The van der Waals surface area contributed by atoms with E-state index >= 15 is 0 Å². The van der Waals surface area contributed by atoms with Gasteiger partial charge >= 0.3 is 0 Å². The van der Waals surface area contributed by atoms with Crippen LogP contribution in [0.25, 0.3) is 11.1 Å². The third-order valence-electron chi connectivity index (χ3n) is 3.53. The van der Waals surface area contributed by atoms with E-state index in [9.17, 15) is 13.2 Å². The fraction of sp³-hybridized carbons (Fsp3) is 0.235. The molecule has 1 aliphatic heterocycles. The second kappa shape index (κ2) is 8.66. The topological polar surface area (TPSA) is 45.6 Å². The number of guanidine groups is 1. The minimum atomic E-state index is -2.49. The summed E-state index contributed by atoms with van der Waals surface area (Å²) in [5.41, 5.74) is 2.05. The SMILES string of the molecule is Fc1cccc(-c2cccc3c2NC(NCCOCC(F)F)=NS3)c1Cl. The van der Waals surface area contributed by atoms with Gasteiger partial charge in [-0.3, -0.25) is 0 Å². The normalized spacial score (nSPS) is 13.2. The number of hydrogen-bond donors (Lipinski definition) is 2. The van der Waals surface area contributed by atoms with Crippen molar-refractivity contribution in [2.75, 3.05) is 25.1 Å². The fourth-order valence-corrected chi connectivity index (χ4v) is 3.32. The zero-order valence-electron chi connectivity index (χ0n) is 13.4. The van der Waals surface area contributed by atoms with Gasteiger partial charge in [0.05, 0.1) is 22.2 Å². The number of nitrogens with zero attached hydrogens (tertiary/aromatic N) is 1. The molecule has 0 amide bonds. The maximum atomic E-state index is 13.8. The number of fused-ring (bicyclic) bond motifs is 1. The van der Waals surface area contributed by atoms with Crippen LogP contribution in [0, 0.1) is 5.82 Å². The number of rotatable bonds is 6. The van der Waals surface area contributed by atoms with Gasteiger partial charge in [0.2, 0.25) is 5.96 Å².